The van der Waals surface area contributed by atoms with E-state index in [-0.39, 0.29) is 6.04 Å². The van der Waals surface area contributed by atoms with Gasteiger partial charge in [0, 0.05) is 19.3 Å². The highest BCUT2D eigenvalue weighted by molar-refractivity contribution is 5.18. The van der Waals surface area contributed by atoms with Gasteiger partial charge in [-0.2, -0.15) is 0 Å². The van der Waals surface area contributed by atoms with Crippen LogP contribution >= 0.6 is 0 Å². The average molecular weight is 207 g/mol. The molecule has 0 spiro atoms. The van der Waals surface area contributed by atoms with Gasteiger partial charge in [-0.25, -0.2) is 0 Å². The third-order valence-corrected chi connectivity index (χ3v) is 2.72. The van der Waals surface area contributed by atoms with E-state index in [1.54, 1.807) is 0 Å². The lowest BCUT2D eigenvalue weighted by Gasteiger charge is -2.20. The van der Waals surface area contributed by atoms with Crippen molar-refractivity contribution in [2.45, 2.75) is 26.3 Å². The Morgan fingerprint density at radius 2 is 1.93 bits per heavy atom. The molecule has 2 N–H and O–H groups in total. The van der Waals surface area contributed by atoms with Crippen molar-refractivity contribution < 1.29 is 4.74 Å². The van der Waals surface area contributed by atoms with Crippen molar-refractivity contribution in [1.29, 1.82) is 0 Å². The lowest BCUT2D eigenvalue weighted by molar-refractivity contribution is 0.130. The molecule has 1 rings (SSSR count). The number of hydrogen-bond donors (Lipinski definition) is 1. The molecular weight excluding hydrogens is 186 g/mol. The first-order valence-corrected chi connectivity index (χ1v) is 5.64. The Balaban J connectivity index is 2.42. The zero-order chi connectivity index (χ0) is 11.1. The summed E-state index contributed by atoms with van der Waals surface area (Å²) in [6.45, 7) is 5.78. The molecule has 2 nitrogen and oxygen atoms in total. The van der Waals surface area contributed by atoms with Gasteiger partial charge >= 0.3 is 0 Å². The topological polar surface area (TPSA) is 35.2 Å². The van der Waals surface area contributed by atoms with E-state index >= 15 is 0 Å². The van der Waals surface area contributed by atoms with Crippen molar-refractivity contribution in [2.24, 2.45) is 11.7 Å². The third kappa shape index (κ3) is 4.02. The van der Waals surface area contributed by atoms with Crippen LogP contribution in [0.25, 0.3) is 0 Å². The normalized spacial score (nSPS) is 14.9. The fourth-order valence-corrected chi connectivity index (χ4v) is 1.60. The van der Waals surface area contributed by atoms with Gasteiger partial charge in [0.15, 0.2) is 0 Å². The smallest absolute Gasteiger partial charge is 0.0469 e. The molecule has 1 aromatic carbocycles. The summed E-state index contributed by atoms with van der Waals surface area (Å²) < 4.78 is 5.33. The fourth-order valence-electron chi connectivity index (χ4n) is 1.60. The van der Waals surface area contributed by atoms with E-state index < -0.39 is 0 Å². The number of benzene rings is 1. The van der Waals surface area contributed by atoms with Crippen molar-refractivity contribution in [3.8, 4) is 0 Å². The maximum Gasteiger partial charge on any atom is 0.0469 e. The molecular formula is C13H21NO. The molecule has 0 heterocycles. The largest absolute Gasteiger partial charge is 0.382 e. The number of ether oxygens (including phenoxy) is 1. The first-order chi connectivity index (χ1) is 7.25. The van der Waals surface area contributed by atoms with E-state index in [9.17, 15) is 0 Å². The monoisotopic (exact) mass is 207 g/mol. The van der Waals surface area contributed by atoms with E-state index in [1.807, 2.05) is 25.1 Å². The van der Waals surface area contributed by atoms with Gasteiger partial charge in [0.25, 0.3) is 0 Å². The van der Waals surface area contributed by atoms with Crippen LogP contribution in [0.5, 0.6) is 0 Å². The first-order valence-electron chi connectivity index (χ1n) is 5.64. The highest BCUT2D eigenvalue weighted by atomic mass is 16.5. The zero-order valence-electron chi connectivity index (χ0n) is 9.65. The summed E-state index contributed by atoms with van der Waals surface area (Å²) in [5.74, 6) is 0.457. The minimum absolute atomic E-state index is 0.117. The van der Waals surface area contributed by atoms with E-state index in [0.29, 0.717) is 5.92 Å². The lowest BCUT2D eigenvalue weighted by Crippen LogP contribution is -2.20. The van der Waals surface area contributed by atoms with Gasteiger partial charge in [0.05, 0.1) is 0 Å². The van der Waals surface area contributed by atoms with E-state index in [1.165, 1.54) is 5.56 Å². The van der Waals surface area contributed by atoms with Gasteiger partial charge in [-0.1, -0.05) is 37.3 Å². The van der Waals surface area contributed by atoms with Crippen molar-refractivity contribution in [3.63, 3.8) is 0 Å². The quantitative estimate of drug-likeness (QED) is 0.728. The predicted octanol–water partition coefficient (Wildman–Crippen LogP) is 2.75. The molecule has 0 radical (unpaired) electrons. The second-order valence-electron chi connectivity index (χ2n) is 3.90. The number of rotatable bonds is 6. The maximum atomic E-state index is 6.17. The Labute approximate surface area is 92.4 Å². The van der Waals surface area contributed by atoms with Gasteiger partial charge in [-0.15, -0.1) is 0 Å². The Bertz CT molecular complexity index is 260. The molecule has 0 aliphatic heterocycles. The van der Waals surface area contributed by atoms with Gasteiger partial charge in [-0.3, -0.25) is 0 Å². The van der Waals surface area contributed by atoms with Crippen LogP contribution in [-0.2, 0) is 4.74 Å². The Kier molecular flexibility index (Phi) is 5.37. The number of hydrogen-bond acceptors (Lipinski definition) is 2. The summed E-state index contributed by atoms with van der Waals surface area (Å²) in [4.78, 5) is 0. The van der Waals surface area contributed by atoms with Gasteiger partial charge < -0.3 is 10.5 Å². The highest BCUT2D eigenvalue weighted by Crippen LogP contribution is 2.21. The molecule has 0 bridgehead atoms. The second kappa shape index (κ2) is 6.59. The molecule has 1 aromatic rings. The van der Waals surface area contributed by atoms with E-state index in [4.69, 9.17) is 10.5 Å². The average Bonchev–Trinajstić information content (AvgIpc) is 2.29. The summed E-state index contributed by atoms with van der Waals surface area (Å²) in [6, 6.07) is 10.4. The molecule has 0 saturated heterocycles. The summed E-state index contributed by atoms with van der Waals surface area (Å²) in [5.41, 5.74) is 7.37. The van der Waals surface area contributed by atoms with Gasteiger partial charge in [0.1, 0.15) is 0 Å². The molecule has 2 atom stereocenters. The second-order valence-corrected chi connectivity index (χ2v) is 3.90. The summed E-state index contributed by atoms with van der Waals surface area (Å²) in [5, 5.41) is 0. The Hall–Kier alpha value is -0.860. The van der Waals surface area contributed by atoms with Crippen molar-refractivity contribution >= 4 is 0 Å². The van der Waals surface area contributed by atoms with Crippen molar-refractivity contribution in [1.82, 2.24) is 0 Å². The van der Waals surface area contributed by atoms with Crippen LogP contribution < -0.4 is 5.73 Å². The maximum absolute atomic E-state index is 6.17. The predicted molar refractivity (Wildman–Crippen MR) is 63.6 cm³/mol. The SMILES string of the molecule is CCOCCC(C)C(N)c1ccccc1. The third-order valence-electron chi connectivity index (χ3n) is 2.72. The minimum Gasteiger partial charge on any atom is -0.382 e. The summed E-state index contributed by atoms with van der Waals surface area (Å²) in [6.07, 6.45) is 1.02. The lowest BCUT2D eigenvalue weighted by atomic mass is 9.93. The highest BCUT2D eigenvalue weighted by Gasteiger charge is 2.13. The van der Waals surface area contributed by atoms with Crippen molar-refractivity contribution in [3.05, 3.63) is 35.9 Å². The molecule has 0 amide bonds. The molecule has 0 aliphatic carbocycles. The van der Waals surface area contributed by atoms with Crippen LogP contribution in [0.2, 0.25) is 0 Å². The Morgan fingerprint density at radius 3 is 2.53 bits per heavy atom. The fraction of sp³-hybridized carbons (Fsp3) is 0.538. The van der Waals surface area contributed by atoms with Crippen LogP contribution in [0.1, 0.15) is 31.9 Å². The standard InChI is InChI=1S/C13H21NO/c1-3-15-10-9-11(2)13(14)12-7-5-4-6-8-12/h4-8,11,13H,3,9-10,14H2,1-2H3. The molecule has 2 unspecified atom stereocenters. The van der Waals surface area contributed by atoms with Crippen LogP contribution in [0.3, 0.4) is 0 Å². The molecule has 2 heteroatoms. The van der Waals surface area contributed by atoms with Crippen LogP contribution in [0.4, 0.5) is 0 Å². The molecule has 15 heavy (non-hydrogen) atoms. The summed E-state index contributed by atoms with van der Waals surface area (Å²) in [7, 11) is 0. The Morgan fingerprint density at radius 1 is 1.27 bits per heavy atom. The van der Waals surface area contributed by atoms with Gasteiger partial charge in [-0.05, 0) is 24.8 Å². The van der Waals surface area contributed by atoms with E-state index in [2.05, 4.69) is 19.1 Å². The minimum atomic E-state index is 0.117. The van der Waals surface area contributed by atoms with Crippen LogP contribution in [0, 0.1) is 5.92 Å². The van der Waals surface area contributed by atoms with Gasteiger partial charge in [0.2, 0.25) is 0 Å². The molecule has 84 valence electrons. The molecule has 0 saturated carbocycles. The van der Waals surface area contributed by atoms with Crippen LogP contribution in [0.15, 0.2) is 30.3 Å². The number of nitrogens with two attached hydrogens (primary N) is 1. The first kappa shape index (κ1) is 12.2. The molecule has 0 aromatic heterocycles. The summed E-state index contributed by atoms with van der Waals surface area (Å²) >= 11 is 0. The zero-order valence-corrected chi connectivity index (χ0v) is 9.65. The van der Waals surface area contributed by atoms with Crippen molar-refractivity contribution in [2.75, 3.05) is 13.2 Å². The van der Waals surface area contributed by atoms with E-state index in [0.717, 1.165) is 19.6 Å². The molecule has 0 fully saturated rings. The van der Waals surface area contributed by atoms with Crippen LogP contribution in [-0.4, -0.2) is 13.2 Å². The molecule has 0 aliphatic rings.